The largest absolute Gasteiger partial charge is 0.375 e. The van der Waals surface area contributed by atoms with Crippen molar-refractivity contribution >= 4 is 11.8 Å². The highest BCUT2D eigenvalue weighted by Gasteiger charge is 2.23. The van der Waals surface area contributed by atoms with E-state index in [4.69, 9.17) is 4.74 Å². The molecule has 0 aromatic rings. The average molecular weight is 245 g/mol. The third-order valence-corrected chi connectivity index (χ3v) is 4.22. The Morgan fingerprint density at radius 3 is 2.44 bits per heavy atom. The number of ether oxygens (including phenoxy) is 1. The molecule has 1 fully saturated rings. The Morgan fingerprint density at radius 2 is 1.88 bits per heavy atom. The van der Waals surface area contributed by atoms with Crippen LogP contribution in [0.1, 0.15) is 40.5 Å². The highest BCUT2D eigenvalue weighted by molar-refractivity contribution is 7.99. The van der Waals surface area contributed by atoms with Crippen molar-refractivity contribution in [1.82, 2.24) is 5.32 Å². The molecule has 2 unspecified atom stereocenters. The maximum atomic E-state index is 5.73. The molecule has 3 heteroatoms. The fraction of sp³-hybridized carbons (Fsp3) is 1.00. The smallest absolute Gasteiger partial charge is 0.0565 e. The molecule has 0 aromatic heterocycles. The number of hydrogen-bond donors (Lipinski definition) is 1. The predicted octanol–water partition coefficient (Wildman–Crippen LogP) is 2.92. The van der Waals surface area contributed by atoms with Gasteiger partial charge in [0.15, 0.2) is 0 Å². The van der Waals surface area contributed by atoms with E-state index in [1.165, 1.54) is 24.3 Å². The second-order valence-corrected chi connectivity index (χ2v) is 6.50. The van der Waals surface area contributed by atoms with Gasteiger partial charge in [0.2, 0.25) is 0 Å². The first-order valence-electron chi connectivity index (χ1n) is 6.54. The van der Waals surface area contributed by atoms with E-state index in [2.05, 4.69) is 44.8 Å². The van der Waals surface area contributed by atoms with E-state index in [0.717, 1.165) is 12.5 Å². The van der Waals surface area contributed by atoms with Gasteiger partial charge in [-0.25, -0.2) is 0 Å². The van der Waals surface area contributed by atoms with Crippen molar-refractivity contribution < 1.29 is 4.74 Å². The van der Waals surface area contributed by atoms with Crippen molar-refractivity contribution in [2.24, 2.45) is 5.92 Å². The first kappa shape index (κ1) is 14.3. The lowest BCUT2D eigenvalue weighted by atomic mass is 10.00. The molecule has 0 spiro atoms. The monoisotopic (exact) mass is 245 g/mol. The number of thioether (sulfide) groups is 1. The number of nitrogens with one attached hydrogen (secondary N) is 1. The van der Waals surface area contributed by atoms with Gasteiger partial charge in [0.1, 0.15) is 0 Å². The zero-order valence-corrected chi connectivity index (χ0v) is 12.0. The second kappa shape index (κ2) is 7.57. The third kappa shape index (κ3) is 6.12. The van der Waals surface area contributed by atoms with Gasteiger partial charge in [-0.1, -0.05) is 13.8 Å². The van der Waals surface area contributed by atoms with E-state index in [1.54, 1.807) is 0 Å². The Hall–Kier alpha value is 0.270. The van der Waals surface area contributed by atoms with Gasteiger partial charge in [0.25, 0.3) is 0 Å². The summed E-state index contributed by atoms with van der Waals surface area (Å²) in [5, 5.41) is 3.66. The van der Waals surface area contributed by atoms with Gasteiger partial charge in [-0.05, 0) is 38.4 Å². The van der Waals surface area contributed by atoms with E-state index in [-0.39, 0.29) is 0 Å². The number of hydrogen-bond acceptors (Lipinski definition) is 3. The predicted molar refractivity (Wildman–Crippen MR) is 73.2 cm³/mol. The lowest BCUT2D eigenvalue weighted by Gasteiger charge is -2.32. The van der Waals surface area contributed by atoms with E-state index in [1.807, 2.05) is 0 Å². The summed E-state index contributed by atoms with van der Waals surface area (Å²) in [4.78, 5) is 0. The molecule has 16 heavy (non-hydrogen) atoms. The SMILES string of the molecule is CC(C)CSCCNC1CC(C)OC(C)C1. The van der Waals surface area contributed by atoms with Gasteiger partial charge in [-0.15, -0.1) is 0 Å². The Balaban J connectivity index is 2.04. The molecular weight excluding hydrogens is 218 g/mol. The lowest BCUT2D eigenvalue weighted by Crippen LogP contribution is -2.42. The molecule has 1 N–H and O–H groups in total. The highest BCUT2D eigenvalue weighted by Crippen LogP contribution is 2.18. The summed E-state index contributed by atoms with van der Waals surface area (Å²) in [5.41, 5.74) is 0. The zero-order chi connectivity index (χ0) is 12.0. The maximum Gasteiger partial charge on any atom is 0.0565 e. The molecule has 2 atom stereocenters. The van der Waals surface area contributed by atoms with Gasteiger partial charge in [0.05, 0.1) is 12.2 Å². The minimum Gasteiger partial charge on any atom is -0.375 e. The minimum absolute atomic E-state index is 0.421. The molecule has 0 aliphatic carbocycles. The summed E-state index contributed by atoms with van der Waals surface area (Å²) in [6.07, 6.45) is 3.17. The van der Waals surface area contributed by atoms with Gasteiger partial charge >= 0.3 is 0 Å². The highest BCUT2D eigenvalue weighted by atomic mass is 32.2. The van der Waals surface area contributed by atoms with Gasteiger partial charge in [-0.3, -0.25) is 0 Å². The normalized spacial score (nSPS) is 30.9. The average Bonchev–Trinajstić information content (AvgIpc) is 2.15. The van der Waals surface area contributed by atoms with Crippen LogP contribution >= 0.6 is 11.8 Å². The van der Waals surface area contributed by atoms with E-state index >= 15 is 0 Å². The van der Waals surface area contributed by atoms with Gasteiger partial charge in [0, 0.05) is 18.3 Å². The molecule has 0 saturated carbocycles. The van der Waals surface area contributed by atoms with Crippen LogP contribution in [0.4, 0.5) is 0 Å². The van der Waals surface area contributed by atoms with Crippen molar-refractivity contribution in [1.29, 1.82) is 0 Å². The molecule has 1 aliphatic heterocycles. The Kier molecular flexibility index (Phi) is 6.78. The first-order chi connectivity index (χ1) is 7.58. The van der Waals surface area contributed by atoms with Gasteiger partial charge in [-0.2, -0.15) is 11.8 Å². The van der Waals surface area contributed by atoms with Crippen LogP contribution in [0.25, 0.3) is 0 Å². The molecule has 1 aliphatic rings. The molecule has 0 bridgehead atoms. The van der Waals surface area contributed by atoms with Crippen LogP contribution in [0.15, 0.2) is 0 Å². The molecule has 0 amide bonds. The minimum atomic E-state index is 0.421. The molecule has 2 nitrogen and oxygen atoms in total. The topological polar surface area (TPSA) is 21.3 Å². The molecule has 1 rings (SSSR count). The Labute approximate surface area is 105 Å². The summed E-state index contributed by atoms with van der Waals surface area (Å²) in [5.74, 6) is 3.33. The summed E-state index contributed by atoms with van der Waals surface area (Å²) in [6, 6.07) is 0.665. The maximum absolute atomic E-state index is 5.73. The lowest BCUT2D eigenvalue weighted by molar-refractivity contribution is -0.0417. The van der Waals surface area contributed by atoms with E-state index in [9.17, 15) is 0 Å². The standard InChI is InChI=1S/C13H27NOS/c1-10(2)9-16-6-5-14-13-7-11(3)15-12(4)8-13/h10-14H,5-9H2,1-4H3. The fourth-order valence-corrected chi connectivity index (χ4v) is 3.13. The van der Waals surface area contributed by atoms with Crippen molar-refractivity contribution in [2.45, 2.75) is 58.8 Å². The Morgan fingerprint density at radius 1 is 1.25 bits per heavy atom. The number of rotatable bonds is 6. The Bertz CT molecular complexity index is 177. The van der Waals surface area contributed by atoms with Crippen LogP contribution in [-0.2, 0) is 4.74 Å². The summed E-state index contributed by atoms with van der Waals surface area (Å²) in [6.45, 7) is 10.1. The van der Waals surface area contributed by atoms with Crippen LogP contribution in [0.2, 0.25) is 0 Å². The summed E-state index contributed by atoms with van der Waals surface area (Å²) >= 11 is 2.06. The fourth-order valence-electron chi connectivity index (χ4n) is 2.23. The molecule has 0 radical (unpaired) electrons. The quantitative estimate of drug-likeness (QED) is 0.727. The van der Waals surface area contributed by atoms with Crippen molar-refractivity contribution in [3.8, 4) is 0 Å². The van der Waals surface area contributed by atoms with Crippen LogP contribution in [-0.4, -0.2) is 36.3 Å². The molecule has 1 saturated heterocycles. The van der Waals surface area contributed by atoms with Crippen LogP contribution in [0, 0.1) is 5.92 Å². The van der Waals surface area contributed by atoms with Gasteiger partial charge < -0.3 is 10.1 Å². The van der Waals surface area contributed by atoms with E-state index in [0.29, 0.717) is 18.2 Å². The first-order valence-corrected chi connectivity index (χ1v) is 7.70. The van der Waals surface area contributed by atoms with Crippen molar-refractivity contribution in [3.63, 3.8) is 0 Å². The molecule has 0 aromatic carbocycles. The van der Waals surface area contributed by atoms with Crippen LogP contribution in [0.3, 0.4) is 0 Å². The molecule has 96 valence electrons. The third-order valence-electron chi connectivity index (χ3n) is 2.83. The van der Waals surface area contributed by atoms with Crippen molar-refractivity contribution in [3.05, 3.63) is 0 Å². The van der Waals surface area contributed by atoms with Crippen LogP contribution < -0.4 is 5.32 Å². The van der Waals surface area contributed by atoms with Crippen molar-refractivity contribution in [2.75, 3.05) is 18.1 Å². The van der Waals surface area contributed by atoms with Crippen LogP contribution in [0.5, 0.6) is 0 Å². The molecular formula is C13H27NOS. The second-order valence-electron chi connectivity index (χ2n) is 5.35. The van der Waals surface area contributed by atoms with E-state index < -0.39 is 0 Å². The summed E-state index contributed by atoms with van der Waals surface area (Å²) in [7, 11) is 0. The molecule has 1 heterocycles. The summed E-state index contributed by atoms with van der Waals surface area (Å²) < 4.78 is 5.73. The zero-order valence-electron chi connectivity index (χ0n) is 11.2.